The van der Waals surface area contributed by atoms with E-state index in [0.29, 0.717) is 17.1 Å². The number of hydrogen-bond donors (Lipinski definition) is 0. The Morgan fingerprint density at radius 1 is 1.26 bits per heavy atom. The lowest BCUT2D eigenvalue weighted by Crippen LogP contribution is -2.59. The van der Waals surface area contributed by atoms with Crippen LogP contribution in [0.2, 0.25) is 0 Å². The summed E-state index contributed by atoms with van der Waals surface area (Å²) in [5.41, 5.74) is -0.805. The minimum Gasteiger partial charge on any atom is -0.497 e. The highest BCUT2D eigenvalue weighted by Crippen LogP contribution is 2.54. The molecule has 0 amide bonds. The lowest BCUT2D eigenvalue weighted by atomic mass is 9.58. The lowest BCUT2D eigenvalue weighted by molar-refractivity contribution is -0.172. The van der Waals surface area contributed by atoms with Crippen molar-refractivity contribution < 1.29 is 28.6 Å². The molecule has 2 aliphatic rings. The molecule has 1 aliphatic heterocycles. The summed E-state index contributed by atoms with van der Waals surface area (Å²) in [6, 6.07) is 5.07. The molecule has 1 aromatic rings. The summed E-state index contributed by atoms with van der Waals surface area (Å²) >= 11 is 0. The van der Waals surface area contributed by atoms with Crippen LogP contribution in [0.15, 0.2) is 18.2 Å². The van der Waals surface area contributed by atoms with E-state index in [0.717, 1.165) is 0 Å². The Labute approximate surface area is 133 Å². The van der Waals surface area contributed by atoms with Crippen molar-refractivity contribution in [1.29, 1.82) is 0 Å². The summed E-state index contributed by atoms with van der Waals surface area (Å²) in [6.07, 6.45) is -0.657. The molecule has 1 aliphatic carbocycles. The van der Waals surface area contributed by atoms with Crippen molar-refractivity contribution in [2.75, 3.05) is 14.2 Å². The molecule has 0 spiro atoms. The second kappa shape index (κ2) is 5.45. The van der Waals surface area contributed by atoms with Crippen LogP contribution in [-0.2, 0) is 19.1 Å². The fourth-order valence-electron chi connectivity index (χ4n) is 3.78. The van der Waals surface area contributed by atoms with Crippen molar-refractivity contribution in [3.05, 3.63) is 23.8 Å². The van der Waals surface area contributed by atoms with Gasteiger partial charge in [0, 0.05) is 37.5 Å². The first-order chi connectivity index (χ1) is 10.9. The van der Waals surface area contributed by atoms with E-state index in [9.17, 15) is 14.4 Å². The van der Waals surface area contributed by atoms with Crippen molar-refractivity contribution in [2.24, 2.45) is 5.41 Å². The predicted octanol–water partition coefficient (Wildman–Crippen LogP) is 1.65. The van der Waals surface area contributed by atoms with E-state index in [2.05, 4.69) is 0 Å². The molecule has 23 heavy (non-hydrogen) atoms. The molecule has 3 rings (SSSR count). The Hall–Kier alpha value is -2.21. The van der Waals surface area contributed by atoms with Gasteiger partial charge in [0.1, 0.15) is 23.1 Å². The molecule has 122 valence electrons. The van der Waals surface area contributed by atoms with Crippen LogP contribution in [0.4, 0.5) is 0 Å². The molecule has 0 radical (unpaired) electrons. The molecule has 6 heteroatoms. The minimum absolute atomic E-state index is 0.0322. The quantitative estimate of drug-likeness (QED) is 0.479. The molecule has 1 heterocycles. The van der Waals surface area contributed by atoms with Crippen LogP contribution in [0.5, 0.6) is 11.5 Å². The topological polar surface area (TPSA) is 78.9 Å². The maximum atomic E-state index is 12.8. The monoisotopic (exact) mass is 318 g/mol. The van der Waals surface area contributed by atoms with Gasteiger partial charge in [-0.3, -0.25) is 14.4 Å². The van der Waals surface area contributed by atoms with Gasteiger partial charge in [-0.05, 0) is 13.0 Å². The van der Waals surface area contributed by atoms with Crippen LogP contribution in [0, 0.1) is 5.41 Å². The molecule has 0 unspecified atom stereocenters. The second-order valence-corrected chi connectivity index (χ2v) is 5.94. The van der Waals surface area contributed by atoms with Gasteiger partial charge in [-0.1, -0.05) is 6.07 Å². The number of rotatable bonds is 3. The van der Waals surface area contributed by atoms with Gasteiger partial charge in [-0.2, -0.15) is 0 Å². The number of ketones is 2. The Morgan fingerprint density at radius 2 is 2.00 bits per heavy atom. The fourth-order valence-corrected chi connectivity index (χ4v) is 3.78. The van der Waals surface area contributed by atoms with Crippen molar-refractivity contribution in [1.82, 2.24) is 0 Å². The normalized spacial score (nSPS) is 29.3. The third-order valence-electron chi connectivity index (χ3n) is 4.91. The SMILES string of the molecule is COc1ccc2c(c1)OC(=O)[C@@]1(C(C)=O)[C@@H](OC)CC(=O)C[C@@H]21. The Bertz CT molecular complexity index is 694. The highest BCUT2D eigenvalue weighted by Gasteiger charge is 2.63. The maximum absolute atomic E-state index is 12.8. The number of fused-ring (bicyclic) bond motifs is 3. The predicted molar refractivity (Wildman–Crippen MR) is 79.5 cm³/mol. The van der Waals surface area contributed by atoms with Gasteiger partial charge in [0.2, 0.25) is 0 Å². The van der Waals surface area contributed by atoms with E-state index in [-0.39, 0.29) is 24.4 Å². The Kier molecular flexibility index (Phi) is 3.72. The van der Waals surface area contributed by atoms with E-state index in [1.54, 1.807) is 18.2 Å². The minimum atomic E-state index is -1.47. The number of Topliss-reactive ketones (excluding diaryl/α,β-unsaturated/α-hetero) is 2. The third-order valence-corrected chi connectivity index (χ3v) is 4.91. The lowest BCUT2D eigenvalue weighted by Gasteiger charge is -2.47. The summed E-state index contributed by atoms with van der Waals surface area (Å²) in [7, 11) is 2.92. The molecule has 0 N–H and O–H groups in total. The largest absolute Gasteiger partial charge is 0.497 e. The standard InChI is InChI=1S/C17H18O6/c1-9(18)17-13(6-10(19)7-15(17)22-3)12-5-4-11(21-2)8-14(12)23-16(17)20/h4-5,8,13,15H,6-7H2,1-3H3/t13-,15-,17+/m0/s1. The van der Waals surface area contributed by atoms with Crippen LogP contribution < -0.4 is 9.47 Å². The van der Waals surface area contributed by atoms with Crippen LogP contribution in [-0.4, -0.2) is 37.9 Å². The fraction of sp³-hybridized carbons (Fsp3) is 0.471. The summed E-state index contributed by atoms with van der Waals surface area (Å²) in [4.78, 5) is 37.3. The average Bonchev–Trinajstić information content (AvgIpc) is 2.53. The number of methoxy groups -OCH3 is 2. The van der Waals surface area contributed by atoms with E-state index < -0.39 is 23.4 Å². The first-order valence-electron chi connectivity index (χ1n) is 7.40. The molecular formula is C17H18O6. The Balaban J connectivity index is 2.21. The molecule has 1 aromatic carbocycles. The zero-order valence-electron chi connectivity index (χ0n) is 13.3. The number of esters is 1. The van der Waals surface area contributed by atoms with Crippen LogP contribution in [0.3, 0.4) is 0 Å². The molecule has 1 saturated carbocycles. The van der Waals surface area contributed by atoms with Gasteiger partial charge < -0.3 is 14.2 Å². The summed E-state index contributed by atoms with van der Waals surface area (Å²) < 4.78 is 15.9. The average molecular weight is 318 g/mol. The van der Waals surface area contributed by atoms with Crippen LogP contribution in [0.25, 0.3) is 0 Å². The van der Waals surface area contributed by atoms with Crippen LogP contribution >= 0.6 is 0 Å². The molecule has 6 nitrogen and oxygen atoms in total. The molecular weight excluding hydrogens is 300 g/mol. The summed E-state index contributed by atoms with van der Waals surface area (Å²) in [5.74, 6) is -0.731. The van der Waals surface area contributed by atoms with E-state index in [1.165, 1.54) is 21.1 Å². The molecule has 0 bridgehead atoms. The first kappa shape index (κ1) is 15.7. The molecule has 0 saturated heterocycles. The number of ether oxygens (including phenoxy) is 3. The molecule has 1 fully saturated rings. The molecule has 3 atom stereocenters. The zero-order valence-corrected chi connectivity index (χ0v) is 13.3. The van der Waals surface area contributed by atoms with E-state index >= 15 is 0 Å². The third kappa shape index (κ3) is 2.09. The second-order valence-electron chi connectivity index (χ2n) is 5.94. The maximum Gasteiger partial charge on any atom is 0.328 e. The zero-order chi connectivity index (χ0) is 16.8. The number of hydrogen-bond acceptors (Lipinski definition) is 6. The van der Waals surface area contributed by atoms with Crippen molar-refractivity contribution in [2.45, 2.75) is 31.8 Å². The highest BCUT2D eigenvalue weighted by molar-refractivity contribution is 6.08. The molecule has 0 aromatic heterocycles. The first-order valence-corrected chi connectivity index (χ1v) is 7.40. The van der Waals surface area contributed by atoms with Crippen molar-refractivity contribution in [3.63, 3.8) is 0 Å². The van der Waals surface area contributed by atoms with Gasteiger partial charge >= 0.3 is 5.97 Å². The number of carbonyl (C=O) groups excluding carboxylic acids is 3. The van der Waals surface area contributed by atoms with Gasteiger partial charge in [0.25, 0.3) is 0 Å². The van der Waals surface area contributed by atoms with Crippen molar-refractivity contribution >= 4 is 17.5 Å². The van der Waals surface area contributed by atoms with Gasteiger partial charge in [0.15, 0.2) is 5.41 Å². The smallest absolute Gasteiger partial charge is 0.328 e. The van der Waals surface area contributed by atoms with Crippen molar-refractivity contribution in [3.8, 4) is 11.5 Å². The van der Waals surface area contributed by atoms with Gasteiger partial charge in [-0.25, -0.2) is 0 Å². The highest BCUT2D eigenvalue weighted by atomic mass is 16.5. The number of carbonyl (C=O) groups is 3. The van der Waals surface area contributed by atoms with Gasteiger partial charge in [0.05, 0.1) is 13.2 Å². The van der Waals surface area contributed by atoms with E-state index in [4.69, 9.17) is 14.2 Å². The van der Waals surface area contributed by atoms with Gasteiger partial charge in [-0.15, -0.1) is 0 Å². The summed E-state index contributed by atoms with van der Waals surface area (Å²) in [5, 5.41) is 0. The summed E-state index contributed by atoms with van der Waals surface area (Å²) in [6.45, 7) is 1.35. The number of benzene rings is 1. The van der Waals surface area contributed by atoms with Crippen LogP contribution in [0.1, 0.15) is 31.2 Å². The Morgan fingerprint density at radius 3 is 2.61 bits per heavy atom. The van der Waals surface area contributed by atoms with E-state index in [1.807, 2.05) is 0 Å².